The summed E-state index contributed by atoms with van der Waals surface area (Å²) < 4.78 is 28.5. The Hall–Kier alpha value is -1.75. The number of nitrogens with zero attached hydrogens (tertiary/aromatic N) is 5. The number of piperazine rings is 1. The Morgan fingerprint density at radius 3 is 2.88 bits per heavy atom. The SMILES string of the molecule is CN(CCO)S(=O)(=O)N1CCN(c2ncnc3[nH]ccc23)CC12CC2. The number of fused-ring (bicyclic) bond motifs is 1. The lowest BCUT2D eigenvalue weighted by Gasteiger charge is -2.42. The molecule has 1 aliphatic heterocycles. The van der Waals surface area contributed by atoms with Gasteiger partial charge in [-0.2, -0.15) is 17.0 Å². The summed E-state index contributed by atoms with van der Waals surface area (Å²) >= 11 is 0. The molecule has 136 valence electrons. The number of anilines is 1. The largest absolute Gasteiger partial charge is 0.395 e. The summed E-state index contributed by atoms with van der Waals surface area (Å²) in [4.78, 5) is 13.9. The first-order chi connectivity index (χ1) is 12.0. The Morgan fingerprint density at radius 2 is 2.16 bits per heavy atom. The maximum Gasteiger partial charge on any atom is 0.282 e. The lowest BCUT2D eigenvalue weighted by Crippen LogP contribution is -2.60. The van der Waals surface area contributed by atoms with Gasteiger partial charge in [-0.05, 0) is 18.9 Å². The zero-order chi connectivity index (χ0) is 17.7. The average Bonchev–Trinajstić information content (AvgIpc) is 3.17. The molecule has 1 aliphatic carbocycles. The quantitative estimate of drug-likeness (QED) is 0.758. The van der Waals surface area contributed by atoms with Gasteiger partial charge in [-0.1, -0.05) is 0 Å². The van der Waals surface area contributed by atoms with Crippen LogP contribution in [0.1, 0.15) is 12.8 Å². The van der Waals surface area contributed by atoms with Gasteiger partial charge in [0.15, 0.2) is 0 Å². The number of likely N-dealkylation sites (N-methyl/N-ethyl adjacent to an activating group) is 1. The van der Waals surface area contributed by atoms with Gasteiger partial charge in [-0.3, -0.25) is 0 Å². The first-order valence-electron chi connectivity index (χ1n) is 8.36. The van der Waals surface area contributed by atoms with Crippen LogP contribution < -0.4 is 4.90 Å². The zero-order valence-corrected chi connectivity index (χ0v) is 14.9. The minimum atomic E-state index is -3.57. The summed E-state index contributed by atoms with van der Waals surface area (Å²) in [6, 6.07) is 1.95. The zero-order valence-electron chi connectivity index (χ0n) is 14.1. The van der Waals surface area contributed by atoms with Crippen LogP contribution in [-0.4, -0.2) is 82.5 Å². The fraction of sp³-hybridized carbons (Fsp3) is 0.600. The van der Waals surface area contributed by atoms with Gasteiger partial charge in [0.05, 0.1) is 17.5 Å². The van der Waals surface area contributed by atoms with Crippen LogP contribution in [-0.2, 0) is 10.2 Å². The van der Waals surface area contributed by atoms with Crippen LogP contribution in [0.2, 0.25) is 0 Å². The van der Waals surface area contributed by atoms with Gasteiger partial charge >= 0.3 is 0 Å². The molecule has 25 heavy (non-hydrogen) atoms. The van der Waals surface area contributed by atoms with E-state index in [-0.39, 0.29) is 18.7 Å². The molecule has 2 aromatic rings. The lowest BCUT2D eigenvalue weighted by molar-refractivity contribution is 0.230. The highest BCUT2D eigenvalue weighted by atomic mass is 32.2. The Labute approximate surface area is 146 Å². The Kier molecular flexibility index (Phi) is 3.95. The number of hydrogen-bond donors (Lipinski definition) is 2. The third kappa shape index (κ3) is 2.69. The maximum absolute atomic E-state index is 12.8. The molecular weight excluding hydrogens is 344 g/mol. The van der Waals surface area contributed by atoms with Crippen molar-refractivity contribution >= 4 is 27.1 Å². The summed E-state index contributed by atoms with van der Waals surface area (Å²) in [5, 5.41) is 10.0. The molecule has 1 saturated carbocycles. The second-order valence-corrected chi connectivity index (χ2v) is 8.67. The van der Waals surface area contributed by atoms with Crippen LogP contribution in [0, 0.1) is 0 Å². The van der Waals surface area contributed by atoms with Crippen molar-refractivity contribution in [2.24, 2.45) is 0 Å². The van der Waals surface area contributed by atoms with Gasteiger partial charge in [0.1, 0.15) is 17.8 Å². The Balaban J connectivity index is 1.61. The number of H-pyrrole nitrogens is 1. The van der Waals surface area contributed by atoms with Crippen LogP contribution >= 0.6 is 0 Å². The summed E-state index contributed by atoms with van der Waals surface area (Å²) in [7, 11) is -2.05. The predicted molar refractivity (Wildman–Crippen MR) is 93.4 cm³/mol. The molecule has 0 unspecified atom stereocenters. The van der Waals surface area contributed by atoms with Crippen LogP contribution in [0.25, 0.3) is 11.0 Å². The smallest absolute Gasteiger partial charge is 0.282 e. The second kappa shape index (κ2) is 5.90. The molecule has 0 bridgehead atoms. The van der Waals surface area contributed by atoms with E-state index in [0.29, 0.717) is 19.6 Å². The molecule has 4 rings (SSSR count). The Morgan fingerprint density at radius 1 is 1.36 bits per heavy atom. The monoisotopic (exact) mass is 366 g/mol. The van der Waals surface area contributed by atoms with Gasteiger partial charge in [0.25, 0.3) is 10.2 Å². The van der Waals surface area contributed by atoms with Gasteiger partial charge in [-0.15, -0.1) is 0 Å². The molecule has 1 saturated heterocycles. The van der Waals surface area contributed by atoms with Gasteiger partial charge in [-0.25, -0.2) is 9.97 Å². The van der Waals surface area contributed by atoms with E-state index in [1.54, 1.807) is 4.31 Å². The molecule has 0 atom stereocenters. The molecular formula is C15H22N6O3S. The number of aromatic amines is 1. The number of hydrogen-bond acceptors (Lipinski definition) is 6. The van der Waals surface area contributed by atoms with E-state index in [4.69, 9.17) is 5.11 Å². The molecule has 1 spiro atoms. The molecule has 2 fully saturated rings. The standard InChI is InChI=1S/C15H22N6O3S/c1-19(8-9-22)25(23,24)21-7-6-20(10-15(21)3-4-15)14-12-2-5-16-13(12)17-11-18-14/h2,5,11,22H,3-4,6-10H2,1H3,(H,16,17,18). The van der Waals surface area contributed by atoms with E-state index in [0.717, 1.165) is 29.7 Å². The Bertz CT molecular complexity index is 878. The van der Waals surface area contributed by atoms with Crippen LogP contribution in [0.3, 0.4) is 0 Å². The number of aliphatic hydroxyl groups is 1. The van der Waals surface area contributed by atoms with Crippen LogP contribution in [0.15, 0.2) is 18.6 Å². The normalized spacial score (nSPS) is 20.7. The maximum atomic E-state index is 12.8. The highest BCUT2D eigenvalue weighted by molar-refractivity contribution is 7.86. The van der Waals surface area contributed by atoms with Crippen molar-refractivity contribution in [3.63, 3.8) is 0 Å². The van der Waals surface area contributed by atoms with Crippen molar-refractivity contribution in [3.8, 4) is 0 Å². The van der Waals surface area contributed by atoms with E-state index in [9.17, 15) is 8.42 Å². The molecule has 9 nitrogen and oxygen atoms in total. The van der Waals surface area contributed by atoms with Crippen molar-refractivity contribution in [1.82, 2.24) is 23.6 Å². The first kappa shape index (κ1) is 16.7. The van der Waals surface area contributed by atoms with E-state index in [1.807, 2.05) is 12.3 Å². The number of aliphatic hydroxyl groups excluding tert-OH is 1. The summed E-state index contributed by atoms with van der Waals surface area (Å²) in [6.07, 6.45) is 5.06. The van der Waals surface area contributed by atoms with Crippen molar-refractivity contribution < 1.29 is 13.5 Å². The molecule has 0 amide bonds. The van der Waals surface area contributed by atoms with Crippen molar-refractivity contribution in [2.75, 3.05) is 44.7 Å². The molecule has 2 aliphatic rings. The number of rotatable bonds is 5. The lowest BCUT2D eigenvalue weighted by atomic mass is 10.2. The molecule has 2 aromatic heterocycles. The van der Waals surface area contributed by atoms with Crippen LogP contribution in [0.5, 0.6) is 0 Å². The number of aromatic nitrogens is 3. The minimum absolute atomic E-state index is 0.106. The minimum Gasteiger partial charge on any atom is -0.395 e. The van der Waals surface area contributed by atoms with E-state index < -0.39 is 10.2 Å². The predicted octanol–water partition coefficient (Wildman–Crippen LogP) is -0.219. The molecule has 3 heterocycles. The van der Waals surface area contributed by atoms with Crippen molar-refractivity contribution in [3.05, 3.63) is 18.6 Å². The van der Waals surface area contributed by atoms with Gasteiger partial charge in [0.2, 0.25) is 0 Å². The highest BCUT2D eigenvalue weighted by Gasteiger charge is 2.56. The molecule has 10 heteroatoms. The fourth-order valence-electron chi connectivity index (χ4n) is 3.59. The third-order valence-electron chi connectivity index (χ3n) is 5.13. The third-order valence-corrected chi connectivity index (χ3v) is 7.23. The second-order valence-electron chi connectivity index (χ2n) is 6.71. The molecule has 0 aromatic carbocycles. The average molecular weight is 366 g/mol. The summed E-state index contributed by atoms with van der Waals surface area (Å²) in [6.45, 7) is 1.53. The number of nitrogens with one attached hydrogen (secondary N) is 1. The fourth-order valence-corrected chi connectivity index (χ4v) is 5.28. The van der Waals surface area contributed by atoms with Crippen molar-refractivity contribution in [1.29, 1.82) is 0 Å². The van der Waals surface area contributed by atoms with Gasteiger partial charge < -0.3 is 15.0 Å². The van der Waals surface area contributed by atoms with E-state index >= 15 is 0 Å². The van der Waals surface area contributed by atoms with E-state index in [1.165, 1.54) is 17.7 Å². The van der Waals surface area contributed by atoms with Crippen molar-refractivity contribution in [2.45, 2.75) is 18.4 Å². The van der Waals surface area contributed by atoms with Crippen LogP contribution in [0.4, 0.5) is 5.82 Å². The summed E-state index contributed by atoms with van der Waals surface area (Å²) in [5.41, 5.74) is 0.418. The topological polar surface area (TPSA) is 106 Å². The summed E-state index contributed by atoms with van der Waals surface area (Å²) in [5.74, 6) is 0.846. The van der Waals surface area contributed by atoms with E-state index in [2.05, 4.69) is 19.9 Å². The molecule has 0 radical (unpaired) electrons. The van der Waals surface area contributed by atoms with Gasteiger partial charge in [0, 0.05) is 39.4 Å². The first-order valence-corrected chi connectivity index (χ1v) is 9.76. The highest BCUT2D eigenvalue weighted by Crippen LogP contribution is 2.47. The molecule has 2 N–H and O–H groups in total.